The molecule has 2 aromatic rings. The minimum absolute atomic E-state index is 0.521. The van der Waals surface area contributed by atoms with Crippen molar-refractivity contribution >= 4 is 0 Å². The van der Waals surface area contributed by atoms with Crippen LogP contribution in [0.1, 0.15) is 24.2 Å². The van der Waals surface area contributed by atoms with Crippen LogP contribution >= 0.6 is 0 Å². The normalized spacial score (nSPS) is 20.5. The van der Waals surface area contributed by atoms with Crippen LogP contribution in [0.15, 0.2) is 48.6 Å². The standard InChI is InChI=1S/C36H56N2O10/c1-2-14-40-18-22-44-26-30-48-32-28-46-24-20-42-16-6-10-34-8-4-12-36(38-34)35-11-3-7-33(37-35)9-5-15-41-19-23-45-27-31-47-29-25-43-21-17-39-13-1/h1-4,7-8,11-12H,5-6,9-10,13-32H2. The van der Waals surface area contributed by atoms with Crippen LogP contribution in [0, 0.1) is 0 Å². The fourth-order valence-corrected chi connectivity index (χ4v) is 4.43. The largest absolute Gasteiger partial charge is 0.379 e. The SMILES string of the molecule is C1=CCOCCOCCOCCOCCOCCCc2cccc(n2)-c2cccc(n2)CCCOCCOCCOCCOCCOC1. The van der Waals surface area contributed by atoms with Gasteiger partial charge in [-0.1, -0.05) is 24.3 Å². The van der Waals surface area contributed by atoms with Crippen molar-refractivity contribution in [3.63, 3.8) is 0 Å². The van der Waals surface area contributed by atoms with Crippen molar-refractivity contribution in [2.24, 2.45) is 0 Å². The molecule has 1 aliphatic rings. The van der Waals surface area contributed by atoms with E-state index < -0.39 is 0 Å². The Balaban J connectivity index is 1.31. The Morgan fingerprint density at radius 1 is 0.333 bits per heavy atom. The summed E-state index contributed by atoms with van der Waals surface area (Å²) in [5, 5.41) is 0. The average molecular weight is 677 g/mol. The first-order valence-corrected chi connectivity index (χ1v) is 17.3. The molecule has 0 fully saturated rings. The summed E-state index contributed by atoms with van der Waals surface area (Å²) in [6, 6.07) is 12.2. The highest BCUT2D eigenvalue weighted by Crippen LogP contribution is 2.16. The molecule has 0 aliphatic carbocycles. The number of rotatable bonds is 0. The van der Waals surface area contributed by atoms with E-state index in [-0.39, 0.29) is 0 Å². The fourth-order valence-electron chi connectivity index (χ4n) is 4.43. The van der Waals surface area contributed by atoms with Crippen molar-refractivity contribution in [2.45, 2.75) is 25.7 Å². The van der Waals surface area contributed by atoms with E-state index in [4.69, 9.17) is 57.3 Å². The first-order valence-electron chi connectivity index (χ1n) is 17.3. The number of fused-ring (bicyclic) bond motifs is 5. The third kappa shape index (κ3) is 21.6. The zero-order valence-corrected chi connectivity index (χ0v) is 28.6. The molecule has 2 aromatic heterocycles. The van der Waals surface area contributed by atoms with Gasteiger partial charge in [-0.05, 0) is 49.9 Å². The molecule has 0 N–H and O–H groups in total. The van der Waals surface area contributed by atoms with E-state index in [9.17, 15) is 0 Å². The van der Waals surface area contributed by atoms with Gasteiger partial charge in [-0.15, -0.1) is 0 Å². The van der Waals surface area contributed by atoms with E-state index in [0.29, 0.717) is 132 Å². The first-order chi connectivity index (χ1) is 23.9. The Bertz CT molecular complexity index is 979. The number of hydrogen-bond donors (Lipinski definition) is 0. The lowest BCUT2D eigenvalue weighted by Gasteiger charge is -2.09. The van der Waals surface area contributed by atoms with Gasteiger partial charge in [-0.25, -0.2) is 0 Å². The van der Waals surface area contributed by atoms with Gasteiger partial charge < -0.3 is 47.4 Å². The molecule has 48 heavy (non-hydrogen) atoms. The van der Waals surface area contributed by atoms with Gasteiger partial charge in [0, 0.05) is 24.6 Å². The van der Waals surface area contributed by atoms with Gasteiger partial charge in [0.2, 0.25) is 0 Å². The molecule has 0 radical (unpaired) electrons. The maximum Gasteiger partial charge on any atom is 0.0889 e. The molecule has 0 atom stereocenters. The zero-order valence-electron chi connectivity index (χ0n) is 28.6. The highest BCUT2D eigenvalue weighted by atomic mass is 16.6. The minimum Gasteiger partial charge on any atom is -0.379 e. The molecule has 0 amide bonds. The number of pyridine rings is 2. The molecule has 12 heteroatoms. The monoisotopic (exact) mass is 676 g/mol. The molecule has 3 heterocycles. The van der Waals surface area contributed by atoms with Crippen LogP contribution in [0.5, 0.6) is 0 Å². The fraction of sp³-hybridized carbons (Fsp3) is 0.667. The molecule has 4 bridgehead atoms. The molecule has 3 rings (SSSR count). The number of aryl methyl sites for hydroxylation is 2. The molecule has 0 saturated carbocycles. The van der Waals surface area contributed by atoms with E-state index in [1.165, 1.54) is 0 Å². The number of ether oxygens (including phenoxy) is 10. The van der Waals surface area contributed by atoms with E-state index in [2.05, 4.69) is 12.1 Å². The summed E-state index contributed by atoms with van der Waals surface area (Å²) < 4.78 is 55.8. The summed E-state index contributed by atoms with van der Waals surface area (Å²) in [7, 11) is 0. The van der Waals surface area contributed by atoms with Crippen LogP contribution in [0.2, 0.25) is 0 Å². The van der Waals surface area contributed by atoms with Crippen LogP contribution in [0.4, 0.5) is 0 Å². The van der Waals surface area contributed by atoms with Gasteiger partial charge >= 0.3 is 0 Å². The van der Waals surface area contributed by atoms with Crippen LogP contribution in [-0.2, 0) is 60.2 Å². The summed E-state index contributed by atoms with van der Waals surface area (Å²) in [6.07, 6.45) is 7.32. The van der Waals surface area contributed by atoms with E-state index in [1.54, 1.807) is 0 Å². The third-order valence-electron chi connectivity index (χ3n) is 6.89. The highest BCUT2D eigenvalue weighted by molar-refractivity contribution is 5.54. The van der Waals surface area contributed by atoms with Crippen LogP contribution in [0.3, 0.4) is 0 Å². The lowest BCUT2D eigenvalue weighted by molar-refractivity contribution is -0.00994. The summed E-state index contributed by atoms with van der Waals surface area (Å²) in [5.74, 6) is 0. The summed E-state index contributed by atoms with van der Waals surface area (Å²) >= 11 is 0. The second-order valence-electron chi connectivity index (χ2n) is 10.8. The lowest BCUT2D eigenvalue weighted by atomic mass is 10.1. The van der Waals surface area contributed by atoms with Crippen molar-refractivity contribution < 1.29 is 47.4 Å². The number of nitrogens with zero attached hydrogens (tertiary/aromatic N) is 2. The molecule has 270 valence electrons. The van der Waals surface area contributed by atoms with Crippen molar-refractivity contribution in [1.29, 1.82) is 0 Å². The second kappa shape index (κ2) is 29.5. The van der Waals surface area contributed by atoms with Crippen molar-refractivity contribution in [2.75, 3.05) is 132 Å². The maximum atomic E-state index is 5.73. The predicted molar refractivity (Wildman–Crippen MR) is 181 cm³/mol. The number of aromatic nitrogens is 2. The Labute approximate surface area is 286 Å². The summed E-state index contributed by atoms with van der Waals surface area (Å²) in [6.45, 7) is 10.8. The lowest BCUT2D eigenvalue weighted by Crippen LogP contribution is -2.13. The van der Waals surface area contributed by atoms with Gasteiger partial charge in [0.25, 0.3) is 0 Å². The second-order valence-corrected chi connectivity index (χ2v) is 10.8. The molecule has 12 nitrogen and oxygen atoms in total. The Hall–Kier alpha value is -2.36. The van der Waals surface area contributed by atoms with Gasteiger partial charge in [0.1, 0.15) is 0 Å². The first kappa shape index (κ1) is 40.1. The van der Waals surface area contributed by atoms with Crippen molar-refractivity contribution in [3.05, 3.63) is 59.9 Å². The maximum absolute atomic E-state index is 5.73. The molecule has 0 spiro atoms. The van der Waals surface area contributed by atoms with Gasteiger partial charge in [0.05, 0.1) is 130 Å². The average Bonchev–Trinajstić information content (AvgIpc) is 3.11. The van der Waals surface area contributed by atoms with E-state index in [0.717, 1.165) is 48.5 Å². The van der Waals surface area contributed by atoms with Crippen molar-refractivity contribution in [3.8, 4) is 11.4 Å². The Morgan fingerprint density at radius 2 is 0.625 bits per heavy atom. The smallest absolute Gasteiger partial charge is 0.0889 e. The zero-order chi connectivity index (χ0) is 33.4. The Morgan fingerprint density at radius 3 is 0.958 bits per heavy atom. The highest BCUT2D eigenvalue weighted by Gasteiger charge is 2.05. The molecule has 1 aliphatic heterocycles. The predicted octanol–water partition coefficient (Wildman–Crippen LogP) is 3.74. The molecule has 0 saturated heterocycles. The minimum atomic E-state index is 0.521. The van der Waals surface area contributed by atoms with Crippen molar-refractivity contribution in [1.82, 2.24) is 9.97 Å². The topological polar surface area (TPSA) is 118 Å². The molecular weight excluding hydrogens is 620 g/mol. The quantitative estimate of drug-likeness (QED) is 0.379. The van der Waals surface area contributed by atoms with E-state index in [1.807, 2.05) is 36.4 Å². The van der Waals surface area contributed by atoms with Gasteiger partial charge in [-0.2, -0.15) is 0 Å². The molecule has 0 aromatic carbocycles. The van der Waals surface area contributed by atoms with Crippen LogP contribution < -0.4 is 0 Å². The summed E-state index contributed by atoms with van der Waals surface area (Å²) in [4.78, 5) is 9.68. The Kier molecular flexibility index (Phi) is 24.7. The van der Waals surface area contributed by atoms with Gasteiger partial charge in [0.15, 0.2) is 0 Å². The third-order valence-corrected chi connectivity index (χ3v) is 6.89. The number of hydrogen-bond acceptors (Lipinski definition) is 12. The van der Waals surface area contributed by atoms with Gasteiger partial charge in [-0.3, -0.25) is 9.97 Å². The van der Waals surface area contributed by atoms with Crippen LogP contribution in [-0.4, -0.2) is 142 Å². The molecule has 0 unspecified atom stereocenters. The van der Waals surface area contributed by atoms with Crippen LogP contribution in [0.25, 0.3) is 11.4 Å². The summed E-state index contributed by atoms with van der Waals surface area (Å²) in [5.41, 5.74) is 3.83. The van der Waals surface area contributed by atoms with E-state index >= 15 is 0 Å². The molecular formula is C36H56N2O10.